The van der Waals surface area contributed by atoms with Gasteiger partial charge in [-0.2, -0.15) is 0 Å². The monoisotopic (exact) mass is 272 g/mol. The van der Waals surface area contributed by atoms with Crippen LogP contribution in [0.5, 0.6) is 0 Å². The summed E-state index contributed by atoms with van der Waals surface area (Å²) in [5.74, 6) is 1.99. The molecular formula is C18H26NO+. The molecule has 0 aromatic heterocycles. The fourth-order valence-electron chi connectivity index (χ4n) is 5.14. The smallest absolute Gasteiger partial charge is 0.112 e. The number of nitrogens with zero attached hydrogens (tertiary/aromatic N) is 1. The number of likely N-dealkylation sites (N-methyl/N-ethyl adjacent to an activating group) is 1. The third-order valence-corrected chi connectivity index (χ3v) is 6.24. The van der Waals surface area contributed by atoms with E-state index in [2.05, 4.69) is 20.2 Å². The van der Waals surface area contributed by atoms with Gasteiger partial charge < -0.3 is 9.59 Å². The minimum absolute atomic E-state index is 0.495. The van der Waals surface area contributed by atoms with Crippen molar-refractivity contribution < 1.29 is 9.59 Å². The number of aliphatic hydroxyl groups excluding tert-OH is 1. The van der Waals surface area contributed by atoms with Crippen LogP contribution in [0.3, 0.4) is 0 Å². The van der Waals surface area contributed by atoms with Crippen LogP contribution in [0.25, 0.3) is 0 Å². The number of likely N-dealkylation sites (tertiary alicyclic amines) is 1. The van der Waals surface area contributed by atoms with Crippen molar-refractivity contribution in [1.29, 1.82) is 0 Å². The molecule has 1 heterocycles. The van der Waals surface area contributed by atoms with Crippen molar-refractivity contribution in [2.24, 2.45) is 11.8 Å². The molecule has 0 amide bonds. The van der Waals surface area contributed by atoms with Crippen LogP contribution in [0, 0.1) is 11.8 Å². The van der Waals surface area contributed by atoms with Gasteiger partial charge in [0.2, 0.25) is 0 Å². The molecule has 0 bridgehead atoms. The van der Waals surface area contributed by atoms with E-state index < -0.39 is 0 Å². The predicted octanol–water partition coefficient (Wildman–Crippen LogP) is 3.72. The summed E-state index contributed by atoms with van der Waals surface area (Å²) in [5.41, 5.74) is 4.92. The van der Waals surface area contributed by atoms with Gasteiger partial charge in [-0.25, -0.2) is 0 Å². The summed E-state index contributed by atoms with van der Waals surface area (Å²) in [6.45, 7) is 1.33. The summed E-state index contributed by atoms with van der Waals surface area (Å²) in [4.78, 5) is 0. The Labute approximate surface area is 122 Å². The van der Waals surface area contributed by atoms with Crippen molar-refractivity contribution in [3.05, 3.63) is 34.6 Å². The number of fused-ring (bicyclic) bond motifs is 2. The number of hydrogen-bond donors (Lipinski definition) is 1. The van der Waals surface area contributed by atoms with Crippen LogP contribution < -0.4 is 0 Å². The van der Waals surface area contributed by atoms with Gasteiger partial charge in [0.15, 0.2) is 0 Å². The highest BCUT2D eigenvalue weighted by Gasteiger charge is 2.48. The topological polar surface area (TPSA) is 20.2 Å². The van der Waals surface area contributed by atoms with Crippen molar-refractivity contribution in [3.63, 3.8) is 0 Å². The van der Waals surface area contributed by atoms with Gasteiger partial charge in [-0.05, 0) is 66.4 Å². The largest absolute Gasteiger partial charge is 0.508 e. The lowest BCUT2D eigenvalue weighted by molar-refractivity contribution is -0.915. The van der Waals surface area contributed by atoms with Gasteiger partial charge in [0.1, 0.15) is 11.8 Å². The van der Waals surface area contributed by atoms with Crippen LogP contribution in [-0.4, -0.2) is 36.3 Å². The Morgan fingerprint density at radius 3 is 2.90 bits per heavy atom. The zero-order valence-electron chi connectivity index (χ0n) is 12.7. The highest BCUT2D eigenvalue weighted by molar-refractivity contribution is 5.48. The number of piperidine rings is 1. The molecule has 108 valence electrons. The minimum atomic E-state index is 0.495. The van der Waals surface area contributed by atoms with Gasteiger partial charge in [0, 0.05) is 12.8 Å². The highest BCUT2D eigenvalue weighted by atomic mass is 16.3. The van der Waals surface area contributed by atoms with Crippen LogP contribution in [0.4, 0.5) is 0 Å². The molecule has 2 nitrogen and oxygen atoms in total. The maximum atomic E-state index is 9.90. The molecule has 0 saturated carbocycles. The molecule has 0 aromatic rings. The second kappa shape index (κ2) is 4.24. The summed E-state index contributed by atoms with van der Waals surface area (Å²) in [7, 11) is 4.84. The van der Waals surface area contributed by atoms with E-state index in [1.165, 1.54) is 48.7 Å². The zero-order valence-corrected chi connectivity index (χ0v) is 12.7. The Balaban J connectivity index is 1.86. The number of aliphatic hydroxyl groups is 1. The van der Waals surface area contributed by atoms with Gasteiger partial charge in [0.05, 0.1) is 20.6 Å². The fourth-order valence-corrected chi connectivity index (χ4v) is 5.14. The number of hydrogen-bond acceptors (Lipinski definition) is 1. The van der Waals surface area contributed by atoms with Crippen molar-refractivity contribution in [1.82, 2.24) is 0 Å². The van der Waals surface area contributed by atoms with Gasteiger partial charge in [-0.15, -0.1) is 0 Å². The average molecular weight is 272 g/mol. The zero-order chi connectivity index (χ0) is 13.9. The second-order valence-electron chi connectivity index (χ2n) is 7.73. The lowest BCUT2D eigenvalue weighted by Gasteiger charge is -2.52. The van der Waals surface area contributed by atoms with Crippen LogP contribution in [0.2, 0.25) is 0 Å². The van der Waals surface area contributed by atoms with Crippen LogP contribution in [0.15, 0.2) is 34.6 Å². The number of quaternary nitrogens is 1. The molecule has 4 rings (SSSR count). The third-order valence-electron chi connectivity index (χ3n) is 6.24. The summed E-state index contributed by atoms with van der Waals surface area (Å²) in [5, 5.41) is 9.90. The minimum Gasteiger partial charge on any atom is -0.508 e. The molecule has 4 aliphatic rings. The van der Waals surface area contributed by atoms with E-state index in [0.717, 1.165) is 18.4 Å². The predicted molar refractivity (Wildman–Crippen MR) is 81.3 cm³/mol. The molecule has 3 atom stereocenters. The summed E-state index contributed by atoms with van der Waals surface area (Å²) in [6.07, 6.45) is 11.8. The number of allylic oxidation sites excluding steroid dienone is 4. The third kappa shape index (κ3) is 1.74. The summed E-state index contributed by atoms with van der Waals surface area (Å²) < 4.78 is 1.18. The molecule has 20 heavy (non-hydrogen) atoms. The van der Waals surface area contributed by atoms with E-state index in [1.54, 1.807) is 11.1 Å². The first-order chi connectivity index (χ1) is 9.56. The van der Waals surface area contributed by atoms with E-state index >= 15 is 0 Å². The standard InChI is InChI=1S/C18H25NO/c1-19(2)9-8-12-4-3-5-15-16-11-14(20)7-6-13(16)10-17(19)18(12)15/h7,11-13,17H,3-6,8-10H2,1-2H3/p+1. The summed E-state index contributed by atoms with van der Waals surface area (Å²) in [6, 6.07) is 0.736. The van der Waals surface area contributed by atoms with E-state index in [4.69, 9.17) is 0 Å². The van der Waals surface area contributed by atoms with Gasteiger partial charge >= 0.3 is 0 Å². The molecule has 1 fully saturated rings. The van der Waals surface area contributed by atoms with Crippen molar-refractivity contribution >= 4 is 0 Å². The first-order valence-corrected chi connectivity index (χ1v) is 8.23. The second-order valence-corrected chi connectivity index (χ2v) is 7.73. The lowest BCUT2D eigenvalue weighted by Crippen LogP contribution is -2.58. The van der Waals surface area contributed by atoms with Gasteiger partial charge in [0.25, 0.3) is 0 Å². The SMILES string of the molecule is C[N+]1(C)CCC2CCCC3=C2C1CC1CC=C(O)C=C31. The maximum Gasteiger partial charge on any atom is 0.112 e. The lowest BCUT2D eigenvalue weighted by atomic mass is 9.63. The molecular weight excluding hydrogens is 246 g/mol. The van der Waals surface area contributed by atoms with Gasteiger partial charge in [-0.1, -0.05) is 0 Å². The Hall–Kier alpha value is -1.02. The molecule has 3 aliphatic carbocycles. The quantitative estimate of drug-likeness (QED) is 0.666. The first kappa shape index (κ1) is 12.7. The van der Waals surface area contributed by atoms with Crippen molar-refractivity contribution in [2.45, 2.75) is 44.6 Å². The Morgan fingerprint density at radius 1 is 1.20 bits per heavy atom. The molecule has 1 saturated heterocycles. The molecule has 1 aliphatic heterocycles. The highest BCUT2D eigenvalue weighted by Crippen LogP contribution is 2.51. The number of rotatable bonds is 0. The van der Waals surface area contributed by atoms with Gasteiger partial charge in [-0.3, -0.25) is 0 Å². The molecule has 2 heteroatoms. The normalized spacial score (nSPS) is 38.6. The van der Waals surface area contributed by atoms with E-state index in [-0.39, 0.29) is 0 Å². The summed E-state index contributed by atoms with van der Waals surface area (Å²) >= 11 is 0. The average Bonchev–Trinajstić information content (AvgIpc) is 2.43. The maximum absolute atomic E-state index is 9.90. The Morgan fingerprint density at radius 2 is 2.05 bits per heavy atom. The first-order valence-electron chi connectivity index (χ1n) is 8.23. The van der Waals surface area contributed by atoms with Crippen LogP contribution in [-0.2, 0) is 0 Å². The molecule has 3 unspecified atom stereocenters. The van der Waals surface area contributed by atoms with E-state index in [0.29, 0.717) is 11.7 Å². The fraction of sp³-hybridized carbons (Fsp3) is 0.667. The Kier molecular flexibility index (Phi) is 2.69. The van der Waals surface area contributed by atoms with E-state index in [1.807, 2.05) is 6.08 Å². The molecule has 0 radical (unpaired) electrons. The van der Waals surface area contributed by atoms with E-state index in [9.17, 15) is 5.11 Å². The molecule has 0 spiro atoms. The molecule has 1 N–H and O–H groups in total. The van der Waals surface area contributed by atoms with Crippen molar-refractivity contribution in [3.8, 4) is 0 Å². The Bertz CT molecular complexity index is 538. The van der Waals surface area contributed by atoms with Crippen LogP contribution >= 0.6 is 0 Å². The van der Waals surface area contributed by atoms with Crippen molar-refractivity contribution in [2.75, 3.05) is 20.6 Å². The van der Waals surface area contributed by atoms with Crippen LogP contribution in [0.1, 0.15) is 38.5 Å². The molecule has 0 aromatic carbocycles.